The number of phenols is 2. The van der Waals surface area contributed by atoms with Gasteiger partial charge in [0, 0.05) is 19.0 Å². The largest absolute Gasteiger partial charge is 0.508 e. The molecule has 1 rings (SSSR count). The molecule has 0 atom stereocenters. The fourth-order valence-electron chi connectivity index (χ4n) is 0.988. The second-order valence-electron chi connectivity index (χ2n) is 2.70. The normalized spacial score (nSPS) is 11.6. The average molecular weight is 180 g/mol. The first-order chi connectivity index (χ1) is 6.13. The second-order valence-corrected chi connectivity index (χ2v) is 2.70. The molecule has 0 aliphatic carbocycles. The monoisotopic (exact) mass is 180 g/mol. The van der Waals surface area contributed by atoms with E-state index in [-0.39, 0.29) is 11.5 Å². The Balaban J connectivity index is 2.94. The van der Waals surface area contributed by atoms with Crippen LogP contribution in [0.2, 0.25) is 0 Å². The maximum atomic E-state index is 9.36. The van der Waals surface area contributed by atoms with E-state index in [1.165, 1.54) is 18.2 Å². The van der Waals surface area contributed by atoms with E-state index < -0.39 is 0 Å². The molecular weight excluding hydrogens is 168 g/mol. The molecule has 0 spiro atoms. The molecule has 0 bridgehead atoms. The molecule has 13 heavy (non-hydrogen) atoms. The number of benzene rings is 1. The lowest BCUT2D eigenvalue weighted by molar-refractivity contribution is 0.456. The molecule has 4 heteroatoms. The predicted molar refractivity (Wildman–Crippen MR) is 51.0 cm³/mol. The fraction of sp³-hybridized carbons (Fsp3) is 0.222. The van der Waals surface area contributed by atoms with Crippen LogP contribution in [0.1, 0.15) is 5.56 Å². The average Bonchev–Trinajstić information content (AvgIpc) is 2.11. The van der Waals surface area contributed by atoms with Gasteiger partial charge in [0.25, 0.3) is 0 Å². The smallest absolute Gasteiger partial charge is 0.119 e. The van der Waals surface area contributed by atoms with Crippen molar-refractivity contribution in [2.24, 2.45) is 10.7 Å². The van der Waals surface area contributed by atoms with E-state index in [0.29, 0.717) is 17.8 Å². The van der Waals surface area contributed by atoms with Crippen molar-refractivity contribution >= 4 is 5.84 Å². The standard InChI is InChI=1S/C9H12N2O2/c1-11-9(10)5-6-4-7(12)2-3-8(6)13/h2-4,12-13H,5H2,1H3,(H2,10,11). The Labute approximate surface area is 76.3 Å². The minimum absolute atomic E-state index is 0.108. The van der Waals surface area contributed by atoms with Crippen molar-refractivity contribution in [3.05, 3.63) is 23.8 Å². The highest BCUT2D eigenvalue weighted by molar-refractivity contribution is 5.83. The summed E-state index contributed by atoms with van der Waals surface area (Å²) in [6.07, 6.45) is 0.344. The zero-order valence-corrected chi connectivity index (χ0v) is 7.36. The SMILES string of the molecule is CN=C(N)Cc1cc(O)ccc1O. The van der Waals surface area contributed by atoms with Gasteiger partial charge < -0.3 is 15.9 Å². The Bertz CT molecular complexity index is 334. The Morgan fingerprint density at radius 1 is 1.46 bits per heavy atom. The first kappa shape index (κ1) is 9.38. The number of aliphatic imine (C=N–C) groups is 1. The van der Waals surface area contributed by atoms with Crippen LogP contribution in [0.3, 0.4) is 0 Å². The summed E-state index contributed by atoms with van der Waals surface area (Å²) >= 11 is 0. The van der Waals surface area contributed by atoms with Crippen molar-refractivity contribution in [2.75, 3.05) is 7.05 Å². The number of hydrogen-bond donors (Lipinski definition) is 3. The molecule has 0 radical (unpaired) electrons. The van der Waals surface area contributed by atoms with Crippen LogP contribution in [0.4, 0.5) is 0 Å². The van der Waals surface area contributed by atoms with Crippen molar-refractivity contribution in [1.82, 2.24) is 0 Å². The second kappa shape index (κ2) is 3.80. The molecule has 1 aromatic carbocycles. The Morgan fingerprint density at radius 3 is 2.77 bits per heavy atom. The van der Waals surface area contributed by atoms with Gasteiger partial charge >= 0.3 is 0 Å². The highest BCUT2D eigenvalue weighted by Gasteiger charge is 2.03. The molecule has 0 amide bonds. The fourth-order valence-corrected chi connectivity index (χ4v) is 0.988. The highest BCUT2D eigenvalue weighted by atomic mass is 16.3. The first-order valence-electron chi connectivity index (χ1n) is 3.85. The summed E-state index contributed by atoms with van der Waals surface area (Å²) in [5, 5.41) is 18.5. The van der Waals surface area contributed by atoms with E-state index in [9.17, 15) is 5.11 Å². The van der Waals surface area contributed by atoms with Crippen molar-refractivity contribution in [3.63, 3.8) is 0 Å². The van der Waals surface area contributed by atoms with Gasteiger partial charge in [-0.1, -0.05) is 0 Å². The zero-order chi connectivity index (χ0) is 9.84. The minimum Gasteiger partial charge on any atom is -0.508 e. The van der Waals surface area contributed by atoms with Gasteiger partial charge in [-0.3, -0.25) is 4.99 Å². The van der Waals surface area contributed by atoms with Crippen LogP contribution >= 0.6 is 0 Å². The van der Waals surface area contributed by atoms with Gasteiger partial charge in [0.05, 0.1) is 5.84 Å². The summed E-state index contributed by atoms with van der Waals surface area (Å²) in [4.78, 5) is 3.76. The van der Waals surface area contributed by atoms with E-state index in [1.807, 2.05) is 0 Å². The Morgan fingerprint density at radius 2 is 2.15 bits per heavy atom. The Kier molecular flexibility index (Phi) is 2.74. The van der Waals surface area contributed by atoms with E-state index in [0.717, 1.165) is 0 Å². The molecule has 0 aliphatic heterocycles. The number of hydrogen-bond acceptors (Lipinski definition) is 3. The summed E-state index contributed by atoms with van der Waals surface area (Å²) in [6, 6.07) is 4.30. The van der Waals surface area contributed by atoms with Crippen LogP contribution in [0, 0.1) is 0 Å². The topological polar surface area (TPSA) is 78.8 Å². The molecule has 0 fully saturated rings. The third-order valence-corrected chi connectivity index (χ3v) is 1.72. The number of phenolic OH excluding ortho intramolecular Hbond substituents is 2. The number of rotatable bonds is 2. The summed E-state index contributed by atoms with van der Waals surface area (Å²) in [5.74, 6) is 0.641. The van der Waals surface area contributed by atoms with Crippen molar-refractivity contribution in [2.45, 2.75) is 6.42 Å². The predicted octanol–water partition coefficient (Wildman–Crippen LogP) is 0.627. The van der Waals surface area contributed by atoms with Crippen molar-refractivity contribution < 1.29 is 10.2 Å². The molecule has 0 saturated carbocycles. The maximum Gasteiger partial charge on any atom is 0.119 e. The van der Waals surface area contributed by atoms with E-state index in [2.05, 4.69) is 4.99 Å². The quantitative estimate of drug-likeness (QED) is 0.355. The van der Waals surface area contributed by atoms with Crippen LogP contribution in [-0.2, 0) is 6.42 Å². The lowest BCUT2D eigenvalue weighted by Gasteiger charge is -2.03. The number of nitrogens with zero attached hydrogens (tertiary/aromatic N) is 1. The number of aromatic hydroxyl groups is 2. The van der Waals surface area contributed by atoms with Crippen LogP contribution in [0.25, 0.3) is 0 Å². The maximum absolute atomic E-state index is 9.36. The molecule has 4 N–H and O–H groups in total. The lowest BCUT2D eigenvalue weighted by atomic mass is 10.1. The van der Waals surface area contributed by atoms with E-state index >= 15 is 0 Å². The molecule has 0 heterocycles. The van der Waals surface area contributed by atoms with Gasteiger partial charge in [-0.05, 0) is 18.2 Å². The summed E-state index contributed by atoms with van der Waals surface area (Å²) < 4.78 is 0. The Hall–Kier alpha value is -1.71. The van der Waals surface area contributed by atoms with Gasteiger partial charge in [0.1, 0.15) is 11.5 Å². The van der Waals surface area contributed by atoms with Crippen LogP contribution < -0.4 is 5.73 Å². The summed E-state index contributed by atoms with van der Waals surface area (Å²) in [7, 11) is 1.58. The van der Waals surface area contributed by atoms with Gasteiger partial charge in [-0.15, -0.1) is 0 Å². The van der Waals surface area contributed by atoms with Gasteiger partial charge in [-0.2, -0.15) is 0 Å². The minimum atomic E-state index is 0.108. The van der Waals surface area contributed by atoms with Gasteiger partial charge in [0.2, 0.25) is 0 Å². The first-order valence-corrected chi connectivity index (χ1v) is 3.85. The molecule has 0 aliphatic rings. The van der Waals surface area contributed by atoms with E-state index in [1.54, 1.807) is 7.05 Å². The highest BCUT2D eigenvalue weighted by Crippen LogP contribution is 2.22. The van der Waals surface area contributed by atoms with Crippen molar-refractivity contribution in [1.29, 1.82) is 0 Å². The third kappa shape index (κ3) is 2.37. The number of nitrogens with two attached hydrogens (primary N) is 1. The van der Waals surface area contributed by atoms with Crippen LogP contribution in [0.5, 0.6) is 11.5 Å². The molecule has 0 aromatic heterocycles. The molecule has 4 nitrogen and oxygen atoms in total. The van der Waals surface area contributed by atoms with Gasteiger partial charge in [-0.25, -0.2) is 0 Å². The molecule has 0 saturated heterocycles. The zero-order valence-electron chi connectivity index (χ0n) is 7.36. The van der Waals surface area contributed by atoms with Crippen molar-refractivity contribution in [3.8, 4) is 11.5 Å². The van der Waals surface area contributed by atoms with Crippen LogP contribution in [-0.4, -0.2) is 23.1 Å². The molecule has 0 unspecified atom stereocenters. The number of amidine groups is 1. The summed E-state index contributed by atoms with van der Waals surface area (Å²) in [6.45, 7) is 0. The molecular formula is C9H12N2O2. The van der Waals surface area contributed by atoms with Crippen LogP contribution in [0.15, 0.2) is 23.2 Å². The summed E-state index contributed by atoms with van der Waals surface area (Å²) in [5.41, 5.74) is 6.05. The third-order valence-electron chi connectivity index (χ3n) is 1.72. The lowest BCUT2D eigenvalue weighted by Crippen LogP contribution is -2.14. The molecule has 70 valence electrons. The van der Waals surface area contributed by atoms with E-state index in [4.69, 9.17) is 10.8 Å². The molecule has 1 aromatic rings. The van der Waals surface area contributed by atoms with Gasteiger partial charge in [0.15, 0.2) is 0 Å².